The van der Waals surface area contributed by atoms with Crippen molar-refractivity contribution >= 4 is 11.9 Å². The largest absolute Gasteiger partial charge is 0.461 e. The van der Waals surface area contributed by atoms with Crippen LogP contribution in [0.25, 0.3) is 0 Å². The van der Waals surface area contributed by atoms with Crippen molar-refractivity contribution < 1.29 is 14.3 Å². The molecule has 130 valence electrons. The molecule has 0 heterocycles. The number of nitrogens with zero attached hydrogens (tertiary/aromatic N) is 1. The Labute approximate surface area is 143 Å². The van der Waals surface area contributed by atoms with Crippen LogP contribution in [0.1, 0.15) is 37.7 Å². The van der Waals surface area contributed by atoms with Gasteiger partial charge in [-0.05, 0) is 18.4 Å². The van der Waals surface area contributed by atoms with Crippen molar-refractivity contribution in [2.75, 3.05) is 6.54 Å². The lowest BCUT2D eigenvalue weighted by molar-refractivity contribution is -0.148. The van der Waals surface area contributed by atoms with Gasteiger partial charge in [0.1, 0.15) is 6.61 Å². The predicted octanol–water partition coefficient (Wildman–Crippen LogP) is 2.40. The number of esters is 1. The highest BCUT2D eigenvalue weighted by atomic mass is 16.5. The Balaban J connectivity index is 1.84. The van der Waals surface area contributed by atoms with Gasteiger partial charge in [0.05, 0.1) is 12.5 Å². The zero-order chi connectivity index (χ0) is 17.4. The molecule has 5 heteroatoms. The molecular formula is C19H26N2O3. The molecular weight excluding hydrogens is 304 g/mol. The van der Waals surface area contributed by atoms with E-state index in [1.165, 1.54) is 0 Å². The van der Waals surface area contributed by atoms with Crippen molar-refractivity contribution in [1.29, 1.82) is 0 Å². The zero-order valence-electron chi connectivity index (χ0n) is 14.0. The fourth-order valence-electron chi connectivity index (χ4n) is 3.05. The number of nitrogens with two attached hydrogens (primary N) is 1. The fraction of sp³-hybridized carbons (Fsp3) is 0.474. The Morgan fingerprint density at radius 3 is 2.58 bits per heavy atom. The second kappa shape index (κ2) is 9.23. The van der Waals surface area contributed by atoms with Crippen molar-refractivity contribution in [3.8, 4) is 0 Å². The average Bonchev–Trinajstić information content (AvgIpc) is 3.12. The number of rotatable bonds is 8. The van der Waals surface area contributed by atoms with Crippen LogP contribution >= 0.6 is 0 Å². The number of amides is 1. The van der Waals surface area contributed by atoms with Crippen LogP contribution in [-0.2, 0) is 20.9 Å². The minimum Gasteiger partial charge on any atom is -0.461 e. The molecule has 0 aliphatic heterocycles. The van der Waals surface area contributed by atoms with Crippen LogP contribution < -0.4 is 5.73 Å². The minimum atomic E-state index is -0.867. The van der Waals surface area contributed by atoms with E-state index in [2.05, 4.69) is 6.58 Å². The smallest absolute Gasteiger partial charge is 0.308 e. The molecule has 1 aromatic carbocycles. The van der Waals surface area contributed by atoms with E-state index < -0.39 is 12.0 Å². The summed E-state index contributed by atoms with van der Waals surface area (Å²) in [5.41, 5.74) is 6.87. The molecule has 1 aliphatic rings. The fourth-order valence-corrected chi connectivity index (χ4v) is 3.05. The van der Waals surface area contributed by atoms with Gasteiger partial charge in [0.2, 0.25) is 5.91 Å². The highest BCUT2D eigenvalue weighted by Crippen LogP contribution is 2.24. The summed E-state index contributed by atoms with van der Waals surface area (Å²) < 4.78 is 5.20. The molecule has 24 heavy (non-hydrogen) atoms. The number of hydrogen-bond donors (Lipinski definition) is 1. The molecule has 0 radical (unpaired) electrons. The van der Waals surface area contributed by atoms with Crippen molar-refractivity contribution in [3.63, 3.8) is 0 Å². The summed E-state index contributed by atoms with van der Waals surface area (Å²) >= 11 is 0. The lowest BCUT2D eigenvalue weighted by Gasteiger charge is -2.30. The van der Waals surface area contributed by atoms with Crippen molar-refractivity contribution in [2.45, 2.75) is 50.8 Å². The third kappa shape index (κ3) is 5.20. The van der Waals surface area contributed by atoms with Gasteiger partial charge in [-0.3, -0.25) is 9.59 Å². The van der Waals surface area contributed by atoms with E-state index in [-0.39, 0.29) is 25.0 Å². The van der Waals surface area contributed by atoms with Crippen LogP contribution in [-0.4, -0.2) is 35.4 Å². The Bertz CT molecular complexity index is 553. The first-order chi connectivity index (χ1) is 11.6. The molecule has 1 amide bonds. The van der Waals surface area contributed by atoms with Crippen molar-refractivity contribution in [3.05, 3.63) is 48.6 Å². The summed E-state index contributed by atoms with van der Waals surface area (Å²) in [7, 11) is 0. The molecule has 1 aliphatic carbocycles. The van der Waals surface area contributed by atoms with Crippen molar-refractivity contribution in [2.24, 2.45) is 5.73 Å². The van der Waals surface area contributed by atoms with Crippen LogP contribution in [0.5, 0.6) is 0 Å². The zero-order valence-corrected chi connectivity index (χ0v) is 14.0. The van der Waals surface area contributed by atoms with Gasteiger partial charge in [0.15, 0.2) is 0 Å². The third-order valence-corrected chi connectivity index (χ3v) is 4.32. The summed E-state index contributed by atoms with van der Waals surface area (Å²) in [6, 6.07) is 8.77. The van der Waals surface area contributed by atoms with E-state index in [9.17, 15) is 9.59 Å². The molecule has 0 aromatic heterocycles. The van der Waals surface area contributed by atoms with Gasteiger partial charge >= 0.3 is 5.97 Å². The second-order valence-corrected chi connectivity index (χ2v) is 6.17. The van der Waals surface area contributed by atoms with E-state index >= 15 is 0 Å². The normalized spacial score (nSPS) is 15.7. The van der Waals surface area contributed by atoms with Crippen LogP contribution in [0, 0.1) is 0 Å². The standard InChI is InChI=1S/C19H26N2O3/c1-2-12-21(16-10-6-7-11-16)19(23)17(20)13-18(22)24-14-15-8-4-3-5-9-15/h2-5,8-9,16-17H,1,6-7,10-14,20H2/t17-/m0/s1. The summed E-state index contributed by atoms with van der Waals surface area (Å²) in [4.78, 5) is 26.3. The van der Waals surface area contributed by atoms with Gasteiger partial charge in [-0.2, -0.15) is 0 Å². The predicted molar refractivity (Wildman–Crippen MR) is 93.0 cm³/mol. The van der Waals surface area contributed by atoms with Gasteiger partial charge in [-0.15, -0.1) is 6.58 Å². The Morgan fingerprint density at radius 1 is 1.29 bits per heavy atom. The number of benzene rings is 1. The van der Waals surface area contributed by atoms with Gasteiger partial charge in [0, 0.05) is 12.6 Å². The summed E-state index contributed by atoms with van der Waals surface area (Å²) in [5, 5.41) is 0. The van der Waals surface area contributed by atoms with Crippen molar-refractivity contribution in [1.82, 2.24) is 4.90 Å². The SMILES string of the molecule is C=CCN(C(=O)[C@@H](N)CC(=O)OCc1ccccc1)C1CCCC1. The van der Waals surface area contributed by atoms with Crippen LogP contribution in [0.3, 0.4) is 0 Å². The molecule has 2 rings (SSSR count). The molecule has 0 bridgehead atoms. The Morgan fingerprint density at radius 2 is 1.96 bits per heavy atom. The lowest BCUT2D eigenvalue weighted by atomic mass is 10.1. The molecule has 0 saturated heterocycles. The van der Waals surface area contributed by atoms with Gasteiger partial charge in [-0.25, -0.2) is 0 Å². The van der Waals surface area contributed by atoms with Crippen LogP contribution in [0.4, 0.5) is 0 Å². The minimum absolute atomic E-state index is 0.105. The number of carbonyl (C=O) groups excluding carboxylic acids is 2. The number of carbonyl (C=O) groups is 2. The number of hydrogen-bond acceptors (Lipinski definition) is 4. The quantitative estimate of drug-likeness (QED) is 0.587. The highest BCUT2D eigenvalue weighted by Gasteiger charge is 2.30. The molecule has 2 N–H and O–H groups in total. The maximum Gasteiger partial charge on any atom is 0.308 e. The van der Waals surface area contributed by atoms with E-state index in [0.717, 1.165) is 31.2 Å². The lowest BCUT2D eigenvalue weighted by Crippen LogP contribution is -2.48. The topological polar surface area (TPSA) is 72.6 Å². The summed E-state index contributed by atoms with van der Waals surface area (Å²) in [5.74, 6) is -0.650. The average molecular weight is 330 g/mol. The van der Waals surface area contributed by atoms with Gasteiger partial charge < -0.3 is 15.4 Å². The molecule has 1 atom stereocenters. The first kappa shape index (κ1) is 18.2. The van der Waals surface area contributed by atoms with E-state index in [1.54, 1.807) is 11.0 Å². The molecule has 5 nitrogen and oxygen atoms in total. The Hall–Kier alpha value is -2.14. The highest BCUT2D eigenvalue weighted by molar-refractivity contribution is 5.86. The van der Waals surface area contributed by atoms with E-state index in [4.69, 9.17) is 10.5 Å². The Kier molecular flexibility index (Phi) is 7.00. The maximum absolute atomic E-state index is 12.6. The molecule has 1 fully saturated rings. The van der Waals surface area contributed by atoms with Crippen LogP contribution in [0.2, 0.25) is 0 Å². The third-order valence-electron chi connectivity index (χ3n) is 4.32. The number of ether oxygens (including phenoxy) is 1. The molecule has 1 saturated carbocycles. The summed E-state index contributed by atoms with van der Waals surface area (Å²) in [6.07, 6.45) is 5.83. The summed E-state index contributed by atoms with van der Waals surface area (Å²) in [6.45, 7) is 4.37. The van der Waals surface area contributed by atoms with E-state index in [0.29, 0.717) is 6.54 Å². The first-order valence-corrected chi connectivity index (χ1v) is 8.48. The van der Waals surface area contributed by atoms with Gasteiger partial charge in [-0.1, -0.05) is 49.2 Å². The van der Waals surface area contributed by atoms with E-state index in [1.807, 2.05) is 30.3 Å². The van der Waals surface area contributed by atoms with Crippen LogP contribution in [0.15, 0.2) is 43.0 Å². The molecule has 0 spiro atoms. The van der Waals surface area contributed by atoms with Gasteiger partial charge in [0.25, 0.3) is 0 Å². The molecule has 0 unspecified atom stereocenters. The first-order valence-electron chi connectivity index (χ1n) is 8.48. The molecule has 1 aromatic rings. The monoisotopic (exact) mass is 330 g/mol. The maximum atomic E-state index is 12.6. The second-order valence-electron chi connectivity index (χ2n) is 6.17.